The number of fused-ring (bicyclic) bond motifs is 1. The molecule has 1 aromatic carbocycles. The van der Waals surface area contributed by atoms with E-state index in [4.69, 9.17) is 11.6 Å². The van der Waals surface area contributed by atoms with Crippen LogP contribution in [0.25, 0.3) is 10.1 Å². The molecule has 2 rings (SSSR count). The van der Waals surface area contributed by atoms with E-state index in [1.165, 1.54) is 16.7 Å². The van der Waals surface area contributed by atoms with Crippen molar-refractivity contribution in [3.8, 4) is 0 Å². The fraction of sp³-hybridized carbons (Fsp3) is 0.200. The molecular weight excluding hydrogens is 226 g/mol. The molecule has 74 valence electrons. The molecule has 0 nitrogen and oxygen atoms in total. The molecule has 0 fully saturated rings. The molecular formula is C10H7ClF2S. The van der Waals surface area contributed by atoms with Gasteiger partial charge in [0.25, 0.3) is 6.43 Å². The van der Waals surface area contributed by atoms with E-state index in [9.17, 15) is 8.78 Å². The largest absolute Gasteiger partial charge is 0.265 e. The lowest BCUT2D eigenvalue weighted by Gasteiger charge is -2.00. The van der Waals surface area contributed by atoms with Crippen LogP contribution in [0.2, 0.25) is 5.02 Å². The van der Waals surface area contributed by atoms with Gasteiger partial charge in [-0.15, -0.1) is 11.3 Å². The standard InChI is InChI=1S/C10H7ClF2S/c1-5-2-6-7(10(12)13)4-14-9(6)3-8(5)11/h2-4,10H,1H3. The predicted molar refractivity (Wildman–Crippen MR) is 56.5 cm³/mol. The number of hydrogen-bond acceptors (Lipinski definition) is 1. The van der Waals surface area contributed by atoms with Crippen molar-refractivity contribution < 1.29 is 8.78 Å². The summed E-state index contributed by atoms with van der Waals surface area (Å²) in [7, 11) is 0. The first-order valence-electron chi connectivity index (χ1n) is 4.05. The van der Waals surface area contributed by atoms with Crippen LogP contribution in [0.5, 0.6) is 0 Å². The SMILES string of the molecule is Cc1cc2c(C(F)F)csc2cc1Cl. The minimum Gasteiger partial charge on any atom is -0.205 e. The van der Waals surface area contributed by atoms with Gasteiger partial charge in [0, 0.05) is 26.1 Å². The van der Waals surface area contributed by atoms with Crippen LogP contribution >= 0.6 is 22.9 Å². The molecule has 0 spiro atoms. The maximum atomic E-state index is 12.5. The third-order valence-electron chi connectivity index (χ3n) is 2.12. The van der Waals surface area contributed by atoms with Crippen molar-refractivity contribution >= 4 is 33.0 Å². The zero-order chi connectivity index (χ0) is 10.3. The first-order chi connectivity index (χ1) is 6.59. The Morgan fingerprint density at radius 2 is 2.07 bits per heavy atom. The summed E-state index contributed by atoms with van der Waals surface area (Å²) in [6, 6.07) is 3.46. The Labute approximate surface area is 89.1 Å². The fourth-order valence-electron chi connectivity index (χ4n) is 1.35. The smallest absolute Gasteiger partial charge is 0.205 e. The van der Waals surface area contributed by atoms with E-state index in [0.29, 0.717) is 10.4 Å². The Kier molecular flexibility index (Phi) is 2.45. The molecule has 0 radical (unpaired) electrons. The number of halogens is 3. The Balaban J connectivity index is 2.74. The van der Waals surface area contributed by atoms with Crippen molar-refractivity contribution in [2.45, 2.75) is 13.3 Å². The van der Waals surface area contributed by atoms with Gasteiger partial charge in [0.05, 0.1) is 0 Å². The molecule has 0 saturated carbocycles. The van der Waals surface area contributed by atoms with Gasteiger partial charge in [0.2, 0.25) is 0 Å². The van der Waals surface area contributed by atoms with Crippen LogP contribution in [-0.2, 0) is 0 Å². The van der Waals surface area contributed by atoms with Crippen LogP contribution in [-0.4, -0.2) is 0 Å². The predicted octanol–water partition coefficient (Wildman–Crippen LogP) is 4.80. The summed E-state index contributed by atoms with van der Waals surface area (Å²) in [5.41, 5.74) is 0.934. The molecule has 0 aliphatic carbocycles. The third-order valence-corrected chi connectivity index (χ3v) is 3.49. The van der Waals surface area contributed by atoms with Gasteiger partial charge in [-0.25, -0.2) is 8.78 Å². The van der Waals surface area contributed by atoms with Crippen molar-refractivity contribution in [3.05, 3.63) is 33.7 Å². The Hall–Kier alpha value is -0.670. The molecule has 14 heavy (non-hydrogen) atoms. The van der Waals surface area contributed by atoms with Crippen molar-refractivity contribution in [2.75, 3.05) is 0 Å². The first kappa shape index (κ1) is 9.87. The molecule has 0 amide bonds. The van der Waals surface area contributed by atoms with Gasteiger partial charge in [-0.1, -0.05) is 11.6 Å². The second-order valence-corrected chi connectivity index (χ2v) is 4.41. The molecule has 2 aromatic rings. The molecule has 0 aliphatic heterocycles. The monoisotopic (exact) mass is 232 g/mol. The van der Waals surface area contributed by atoms with Crippen LogP contribution in [0.4, 0.5) is 8.78 Å². The highest BCUT2D eigenvalue weighted by Gasteiger charge is 2.14. The number of benzene rings is 1. The van der Waals surface area contributed by atoms with Gasteiger partial charge in [0.1, 0.15) is 0 Å². The van der Waals surface area contributed by atoms with E-state index in [-0.39, 0.29) is 5.56 Å². The van der Waals surface area contributed by atoms with Gasteiger partial charge >= 0.3 is 0 Å². The minimum absolute atomic E-state index is 0.102. The molecule has 0 aliphatic rings. The van der Waals surface area contributed by atoms with E-state index in [2.05, 4.69) is 0 Å². The molecule has 0 bridgehead atoms. The highest BCUT2D eigenvalue weighted by Crippen LogP contribution is 2.35. The van der Waals surface area contributed by atoms with Crippen molar-refractivity contribution in [1.29, 1.82) is 0 Å². The normalized spacial score (nSPS) is 11.5. The maximum absolute atomic E-state index is 12.5. The molecule has 0 unspecified atom stereocenters. The van der Waals surface area contributed by atoms with Crippen molar-refractivity contribution in [1.82, 2.24) is 0 Å². The second-order valence-electron chi connectivity index (χ2n) is 3.09. The van der Waals surface area contributed by atoms with E-state index >= 15 is 0 Å². The lowest BCUT2D eigenvalue weighted by Crippen LogP contribution is -1.81. The summed E-state index contributed by atoms with van der Waals surface area (Å²) in [5.74, 6) is 0. The number of rotatable bonds is 1. The highest BCUT2D eigenvalue weighted by molar-refractivity contribution is 7.17. The van der Waals surface area contributed by atoms with Crippen LogP contribution in [0.3, 0.4) is 0 Å². The van der Waals surface area contributed by atoms with Crippen molar-refractivity contribution in [3.63, 3.8) is 0 Å². The van der Waals surface area contributed by atoms with Gasteiger partial charge in [0.15, 0.2) is 0 Å². The Bertz CT molecular complexity index is 476. The third kappa shape index (κ3) is 1.51. The van der Waals surface area contributed by atoms with E-state index < -0.39 is 6.43 Å². The summed E-state index contributed by atoms with van der Waals surface area (Å²) >= 11 is 7.20. The van der Waals surface area contributed by atoms with E-state index in [0.717, 1.165) is 10.3 Å². The highest BCUT2D eigenvalue weighted by atomic mass is 35.5. The Morgan fingerprint density at radius 1 is 1.36 bits per heavy atom. The number of alkyl halides is 2. The summed E-state index contributed by atoms with van der Waals surface area (Å²) in [6.07, 6.45) is -2.41. The van der Waals surface area contributed by atoms with E-state index in [1.807, 2.05) is 6.92 Å². The number of hydrogen-bond donors (Lipinski definition) is 0. The molecule has 1 heterocycles. The average molecular weight is 233 g/mol. The van der Waals surface area contributed by atoms with Crippen LogP contribution < -0.4 is 0 Å². The van der Waals surface area contributed by atoms with Crippen molar-refractivity contribution in [2.24, 2.45) is 0 Å². The van der Waals surface area contributed by atoms with Gasteiger partial charge in [-0.2, -0.15) is 0 Å². The lowest BCUT2D eigenvalue weighted by atomic mass is 10.1. The molecule has 0 saturated heterocycles. The van der Waals surface area contributed by atoms with Gasteiger partial charge in [-0.05, 0) is 24.6 Å². The number of thiophene rings is 1. The summed E-state index contributed by atoms with van der Waals surface area (Å²) in [6.45, 7) is 1.81. The fourth-order valence-corrected chi connectivity index (χ4v) is 2.55. The summed E-state index contributed by atoms with van der Waals surface area (Å²) < 4.78 is 25.9. The maximum Gasteiger partial charge on any atom is 0.265 e. The van der Waals surface area contributed by atoms with Crippen LogP contribution in [0.15, 0.2) is 17.5 Å². The van der Waals surface area contributed by atoms with Crippen LogP contribution in [0.1, 0.15) is 17.6 Å². The minimum atomic E-state index is -2.41. The zero-order valence-corrected chi connectivity index (χ0v) is 8.92. The number of aryl methyl sites for hydroxylation is 1. The Morgan fingerprint density at radius 3 is 2.71 bits per heavy atom. The summed E-state index contributed by atoms with van der Waals surface area (Å²) in [5, 5.41) is 2.73. The average Bonchev–Trinajstić information content (AvgIpc) is 2.48. The summed E-state index contributed by atoms with van der Waals surface area (Å²) in [4.78, 5) is 0. The first-order valence-corrected chi connectivity index (χ1v) is 5.30. The second kappa shape index (κ2) is 3.48. The molecule has 0 N–H and O–H groups in total. The zero-order valence-electron chi connectivity index (χ0n) is 7.35. The topological polar surface area (TPSA) is 0 Å². The quantitative estimate of drug-likeness (QED) is 0.663. The van der Waals surface area contributed by atoms with Gasteiger partial charge < -0.3 is 0 Å². The molecule has 0 atom stereocenters. The van der Waals surface area contributed by atoms with Gasteiger partial charge in [-0.3, -0.25) is 0 Å². The van der Waals surface area contributed by atoms with Crippen LogP contribution in [0, 0.1) is 6.92 Å². The molecule has 1 aromatic heterocycles. The van der Waals surface area contributed by atoms with E-state index in [1.54, 1.807) is 12.1 Å². The molecule has 4 heteroatoms. The lowest BCUT2D eigenvalue weighted by molar-refractivity contribution is 0.153.